The zero-order valence-electron chi connectivity index (χ0n) is 13.6. The van der Waals surface area contributed by atoms with Crippen molar-refractivity contribution in [3.05, 3.63) is 34.6 Å². The normalized spacial score (nSPS) is 21.7. The van der Waals surface area contributed by atoms with Crippen LogP contribution in [-0.2, 0) is 0 Å². The smallest absolute Gasteiger partial charge is 0.254 e. The summed E-state index contributed by atoms with van der Waals surface area (Å²) in [5.74, 6) is -0.377. The Hall–Kier alpha value is -1.17. The van der Waals surface area contributed by atoms with Gasteiger partial charge >= 0.3 is 0 Å². The third-order valence-electron chi connectivity index (χ3n) is 4.49. The summed E-state index contributed by atoms with van der Waals surface area (Å²) in [5.41, 5.74) is 0.291. The van der Waals surface area contributed by atoms with Crippen LogP contribution in [0.25, 0.3) is 0 Å². The van der Waals surface area contributed by atoms with E-state index in [1.54, 1.807) is 4.90 Å². The van der Waals surface area contributed by atoms with Crippen LogP contribution in [0.1, 0.15) is 29.6 Å². The predicted octanol–water partition coefficient (Wildman–Crippen LogP) is 2.64. The highest BCUT2D eigenvalue weighted by Crippen LogP contribution is 2.26. The number of halogens is 2. The zero-order chi connectivity index (χ0) is 17.0. The third-order valence-corrected chi connectivity index (χ3v) is 4.71. The molecule has 2 atom stereocenters. The van der Waals surface area contributed by atoms with Gasteiger partial charge < -0.3 is 14.9 Å². The lowest BCUT2D eigenvalue weighted by molar-refractivity contribution is 0.0495. The molecule has 1 heterocycles. The molecule has 0 spiro atoms. The second-order valence-electron chi connectivity index (χ2n) is 6.35. The maximum atomic E-state index is 13.5. The molecule has 1 aliphatic rings. The van der Waals surface area contributed by atoms with E-state index in [9.17, 15) is 9.18 Å². The van der Waals surface area contributed by atoms with Crippen molar-refractivity contribution in [1.82, 2.24) is 9.80 Å². The summed E-state index contributed by atoms with van der Waals surface area (Å²) < 4.78 is 13.5. The lowest BCUT2D eigenvalue weighted by atomic mass is 9.87. The number of aliphatic hydroxyl groups is 1. The number of nitrogens with zero attached hydrogens (tertiary/aromatic N) is 2. The molecule has 4 nitrogen and oxygen atoms in total. The number of hydrogen-bond donors (Lipinski definition) is 1. The van der Waals surface area contributed by atoms with Crippen LogP contribution in [0.3, 0.4) is 0 Å². The molecule has 0 aromatic heterocycles. The molecule has 0 saturated carbocycles. The van der Waals surface area contributed by atoms with Gasteiger partial charge in [0.2, 0.25) is 0 Å². The maximum absolute atomic E-state index is 13.5. The quantitative estimate of drug-likeness (QED) is 0.894. The summed E-state index contributed by atoms with van der Waals surface area (Å²) >= 11 is 5.85. The molecular formula is C17H24ClFN2O2. The highest BCUT2D eigenvalue weighted by molar-refractivity contribution is 6.31. The average molecular weight is 343 g/mol. The molecule has 1 saturated heterocycles. The molecule has 1 fully saturated rings. The topological polar surface area (TPSA) is 43.8 Å². The van der Waals surface area contributed by atoms with E-state index in [1.165, 1.54) is 18.2 Å². The number of carbonyl (C=O) groups excluding carboxylic acids is 1. The Morgan fingerprint density at radius 2 is 2.17 bits per heavy atom. The fourth-order valence-electron chi connectivity index (χ4n) is 3.38. The van der Waals surface area contributed by atoms with E-state index in [1.807, 2.05) is 14.1 Å². The van der Waals surface area contributed by atoms with Crippen LogP contribution in [0.15, 0.2) is 18.2 Å². The van der Waals surface area contributed by atoms with Crippen molar-refractivity contribution in [1.29, 1.82) is 0 Å². The third kappa shape index (κ3) is 4.66. The van der Waals surface area contributed by atoms with Crippen molar-refractivity contribution >= 4 is 17.5 Å². The monoisotopic (exact) mass is 342 g/mol. The second kappa shape index (κ2) is 8.08. The molecule has 0 radical (unpaired) electrons. The molecule has 1 aromatic carbocycles. The van der Waals surface area contributed by atoms with Crippen LogP contribution in [0, 0.1) is 11.7 Å². The van der Waals surface area contributed by atoms with E-state index in [4.69, 9.17) is 16.7 Å². The Bertz CT molecular complexity index is 533. The fraction of sp³-hybridized carbons (Fsp3) is 0.588. The van der Waals surface area contributed by atoms with Crippen LogP contribution in [-0.4, -0.2) is 60.6 Å². The van der Waals surface area contributed by atoms with Gasteiger partial charge in [0.05, 0.1) is 0 Å². The molecule has 2 rings (SSSR count). The summed E-state index contributed by atoms with van der Waals surface area (Å²) in [6.07, 6.45) is 2.47. The number of benzene rings is 1. The Kier molecular flexibility index (Phi) is 6.39. The van der Waals surface area contributed by atoms with Gasteiger partial charge in [0, 0.05) is 36.3 Å². The molecular weight excluding hydrogens is 319 g/mol. The van der Waals surface area contributed by atoms with Crippen LogP contribution in [0.4, 0.5) is 4.39 Å². The number of hydrogen-bond acceptors (Lipinski definition) is 3. The van der Waals surface area contributed by atoms with Crippen molar-refractivity contribution < 1.29 is 14.3 Å². The Balaban J connectivity index is 2.12. The standard InChI is InChI=1S/C17H24ClFN2O2/c1-20(2)16-5-6-21(11-12(16)4-3-7-22)17(23)13-8-14(18)10-15(19)9-13/h8-10,12,16,22H,3-7,11H2,1-2H3/t12-,16+/m1/s1. The van der Waals surface area contributed by atoms with Crippen molar-refractivity contribution in [2.45, 2.75) is 25.3 Å². The Morgan fingerprint density at radius 3 is 2.78 bits per heavy atom. The molecule has 0 aliphatic carbocycles. The van der Waals surface area contributed by atoms with Gasteiger partial charge in [-0.05, 0) is 57.5 Å². The molecule has 6 heteroatoms. The van der Waals surface area contributed by atoms with Gasteiger partial charge in [-0.3, -0.25) is 4.79 Å². The van der Waals surface area contributed by atoms with Crippen LogP contribution < -0.4 is 0 Å². The zero-order valence-corrected chi connectivity index (χ0v) is 14.4. The number of aliphatic hydroxyl groups excluding tert-OH is 1. The first-order valence-corrected chi connectivity index (χ1v) is 8.33. The molecule has 23 heavy (non-hydrogen) atoms. The molecule has 1 aromatic rings. The highest BCUT2D eigenvalue weighted by Gasteiger charge is 2.32. The number of carbonyl (C=O) groups is 1. The van der Waals surface area contributed by atoms with Crippen LogP contribution >= 0.6 is 11.6 Å². The summed E-state index contributed by atoms with van der Waals surface area (Å²) in [6, 6.07) is 4.32. The summed E-state index contributed by atoms with van der Waals surface area (Å²) in [6.45, 7) is 1.42. The molecule has 0 unspecified atom stereocenters. The van der Waals surface area contributed by atoms with Crippen molar-refractivity contribution in [2.24, 2.45) is 5.92 Å². The fourth-order valence-corrected chi connectivity index (χ4v) is 3.60. The number of piperidine rings is 1. The molecule has 1 aliphatic heterocycles. The van der Waals surface area contributed by atoms with E-state index >= 15 is 0 Å². The molecule has 0 bridgehead atoms. The molecule has 128 valence electrons. The van der Waals surface area contributed by atoms with Crippen LogP contribution in [0.2, 0.25) is 5.02 Å². The van der Waals surface area contributed by atoms with E-state index < -0.39 is 5.82 Å². The molecule has 1 N–H and O–H groups in total. The van der Waals surface area contributed by atoms with Crippen LogP contribution in [0.5, 0.6) is 0 Å². The van der Waals surface area contributed by atoms with Gasteiger partial charge in [0.15, 0.2) is 0 Å². The predicted molar refractivity (Wildman–Crippen MR) is 89.2 cm³/mol. The average Bonchev–Trinajstić information content (AvgIpc) is 2.50. The lowest BCUT2D eigenvalue weighted by Crippen LogP contribution is -2.50. The number of amides is 1. The summed E-state index contributed by atoms with van der Waals surface area (Å²) in [4.78, 5) is 16.6. The number of rotatable bonds is 5. The van der Waals surface area contributed by atoms with E-state index in [0.717, 1.165) is 19.3 Å². The lowest BCUT2D eigenvalue weighted by Gasteiger charge is -2.41. The van der Waals surface area contributed by atoms with Gasteiger partial charge in [0.1, 0.15) is 5.82 Å². The Morgan fingerprint density at radius 1 is 1.43 bits per heavy atom. The summed E-state index contributed by atoms with van der Waals surface area (Å²) in [5, 5.41) is 9.32. The van der Waals surface area contributed by atoms with E-state index in [2.05, 4.69) is 4.90 Å². The van der Waals surface area contributed by atoms with Crippen molar-refractivity contribution in [3.8, 4) is 0 Å². The van der Waals surface area contributed by atoms with Gasteiger partial charge in [-0.2, -0.15) is 0 Å². The minimum absolute atomic E-state index is 0.157. The van der Waals surface area contributed by atoms with Gasteiger partial charge in [-0.15, -0.1) is 0 Å². The van der Waals surface area contributed by atoms with Gasteiger partial charge in [-0.1, -0.05) is 11.6 Å². The first-order chi connectivity index (χ1) is 10.9. The van der Waals surface area contributed by atoms with Crippen molar-refractivity contribution in [2.75, 3.05) is 33.8 Å². The Labute approximate surface area is 141 Å². The second-order valence-corrected chi connectivity index (χ2v) is 6.79. The first-order valence-electron chi connectivity index (χ1n) is 7.95. The first kappa shape index (κ1) is 18.2. The molecule has 1 amide bonds. The van der Waals surface area contributed by atoms with E-state index in [0.29, 0.717) is 30.6 Å². The minimum Gasteiger partial charge on any atom is -0.396 e. The van der Waals surface area contributed by atoms with E-state index in [-0.39, 0.29) is 17.5 Å². The largest absolute Gasteiger partial charge is 0.396 e. The SMILES string of the molecule is CN(C)[C@H]1CCN(C(=O)c2cc(F)cc(Cl)c2)C[C@H]1CCCO. The highest BCUT2D eigenvalue weighted by atomic mass is 35.5. The maximum Gasteiger partial charge on any atom is 0.254 e. The minimum atomic E-state index is -0.499. The van der Waals surface area contributed by atoms with Gasteiger partial charge in [0.25, 0.3) is 5.91 Å². The number of likely N-dealkylation sites (tertiary alicyclic amines) is 1. The van der Waals surface area contributed by atoms with Gasteiger partial charge in [-0.25, -0.2) is 4.39 Å². The van der Waals surface area contributed by atoms with Crippen molar-refractivity contribution in [3.63, 3.8) is 0 Å². The summed E-state index contributed by atoms with van der Waals surface area (Å²) in [7, 11) is 4.08.